The first-order valence-corrected chi connectivity index (χ1v) is 9.51. The normalized spacial score (nSPS) is 17.7. The van der Waals surface area contributed by atoms with Gasteiger partial charge < -0.3 is 10.2 Å². The molecular weight excluding hydrogens is 407 g/mol. The molecule has 1 aromatic heterocycles. The predicted molar refractivity (Wildman–Crippen MR) is 100 cm³/mol. The summed E-state index contributed by atoms with van der Waals surface area (Å²) in [6.07, 6.45) is -2.69. The number of carbonyl (C=O) groups excluding carboxylic acids is 1. The van der Waals surface area contributed by atoms with Crippen molar-refractivity contribution in [2.45, 2.75) is 25.6 Å². The van der Waals surface area contributed by atoms with E-state index in [9.17, 15) is 26.7 Å². The molecule has 3 heterocycles. The number of carbonyl (C=O) groups is 1. The van der Waals surface area contributed by atoms with Crippen molar-refractivity contribution >= 4 is 23.1 Å². The van der Waals surface area contributed by atoms with Crippen LogP contribution in [0, 0.1) is 17.6 Å². The van der Waals surface area contributed by atoms with Crippen LogP contribution in [0.4, 0.5) is 39.1 Å². The van der Waals surface area contributed by atoms with Crippen molar-refractivity contribution in [1.29, 1.82) is 0 Å². The van der Waals surface area contributed by atoms with E-state index in [1.807, 2.05) is 0 Å². The van der Waals surface area contributed by atoms with Crippen LogP contribution in [0.25, 0.3) is 0 Å². The average Bonchev–Trinajstić information content (AvgIpc) is 2.82. The maximum Gasteiger partial charge on any atom is 0.401 e. The van der Waals surface area contributed by atoms with E-state index in [0.29, 0.717) is 22.8 Å². The fourth-order valence-electron chi connectivity index (χ4n) is 3.95. The van der Waals surface area contributed by atoms with Gasteiger partial charge in [-0.05, 0) is 50.2 Å². The zero-order valence-electron chi connectivity index (χ0n) is 15.8. The van der Waals surface area contributed by atoms with Gasteiger partial charge in [0.1, 0.15) is 17.5 Å². The predicted octanol–water partition coefficient (Wildman–Crippen LogP) is 4.22. The van der Waals surface area contributed by atoms with Gasteiger partial charge in [0.25, 0.3) is 0 Å². The molecule has 1 amide bonds. The molecule has 0 unspecified atom stereocenters. The summed E-state index contributed by atoms with van der Waals surface area (Å²) in [5.41, 5.74) is 1.16. The molecule has 0 radical (unpaired) electrons. The number of halogens is 5. The van der Waals surface area contributed by atoms with Crippen molar-refractivity contribution in [2.24, 2.45) is 5.92 Å². The molecule has 10 heteroatoms. The largest absolute Gasteiger partial charge is 0.401 e. The molecular formula is C20H19F5N4O. The Morgan fingerprint density at radius 3 is 2.57 bits per heavy atom. The molecule has 1 aromatic carbocycles. The van der Waals surface area contributed by atoms with E-state index in [2.05, 4.69) is 10.3 Å². The Kier molecular flexibility index (Phi) is 5.35. The number of likely N-dealkylation sites (tertiary alicyclic amines) is 1. The highest BCUT2D eigenvalue weighted by molar-refractivity contribution is 5.99. The summed E-state index contributed by atoms with van der Waals surface area (Å²) in [5.74, 6) is -1.53. The van der Waals surface area contributed by atoms with E-state index in [4.69, 9.17) is 0 Å². The number of hydrogen-bond donors (Lipinski definition) is 1. The Morgan fingerprint density at radius 1 is 1.13 bits per heavy atom. The minimum absolute atomic E-state index is 0.0212. The number of aromatic nitrogens is 1. The smallest absolute Gasteiger partial charge is 0.338 e. The van der Waals surface area contributed by atoms with Crippen LogP contribution in [0.2, 0.25) is 0 Å². The summed E-state index contributed by atoms with van der Waals surface area (Å²) in [4.78, 5) is 20.0. The number of rotatable bonds is 2. The van der Waals surface area contributed by atoms with Crippen molar-refractivity contribution in [3.05, 3.63) is 47.7 Å². The quantitative estimate of drug-likeness (QED) is 0.731. The monoisotopic (exact) mass is 426 g/mol. The van der Waals surface area contributed by atoms with Gasteiger partial charge in [0, 0.05) is 11.5 Å². The van der Waals surface area contributed by atoms with Crippen molar-refractivity contribution < 1.29 is 26.7 Å². The Bertz CT molecular complexity index is 957. The van der Waals surface area contributed by atoms with Crippen LogP contribution in [0.1, 0.15) is 18.4 Å². The summed E-state index contributed by atoms with van der Waals surface area (Å²) in [6, 6.07) is 5.15. The first-order valence-electron chi connectivity index (χ1n) is 9.51. The molecule has 2 aromatic rings. The maximum absolute atomic E-state index is 13.8. The molecule has 1 fully saturated rings. The second-order valence-corrected chi connectivity index (χ2v) is 7.54. The van der Waals surface area contributed by atoms with Gasteiger partial charge in [-0.2, -0.15) is 13.2 Å². The van der Waals surface area contributed by atoms with Gasteiger partial charge in [-0.15, -0.1) is 0 Å². The number of alkyl halides is 3. The van der Waals surface area contributed by atoms with Crippen LogP contribution in [-0.4, -0.2) is 41.6 Å². The lowest BCUT2D eigenvalue weighted by atomic mass is 9.94. The van der Waals surface area contributed by atoms with E-state index in [-0.39, 0.29) is 38.4 Å². The van der Waals surface area contributed by atoms with Crippen molar-refractivity contribution in [3.8, 4) is 0 Å². The first kappa shape index (κ1) is 20.5. The van der Waals surface area contributed by atoms with Gasteiger partial charge in [0.05, 0.1) is 30.7 Å². The number of anilines is 3. The lowest BCUT2D eigenvalue weighted by Crippen LogP contribution is -2.45. The molecule has 0 spiro atoms. The van der Waals surface area contributed by atoms with Crippen LogP contribution in [0.3, 0.4) is 0 Å². The van der Waals surface area contributed by atoms with Crippen LogP contribution in [0.5, 0.6) is 0 Å². The second kappa shape index (κ2) is 7.82. The molecule has 1 N–H and O–H groups in total. The zero-order valence-corrected chi connectivity index (χ0v) is 15.8. The zero-order chi connectivity index (χ0) is 21.5. The van der Waals surface area contributed by atoms with E-state index in [1.165, 1.54) is 34.1 Å². The molecule has 0 bridgehead atoms. The molecule has 5 nitrogen and oxygen atoms in total. The van der Waals surface area contributed by atoms with Gasteiger partial charge in [0.2, 0.25) is 5.91 Å². The third-order valence-electron chi connectivity index (χ3n) is 5.37. The van der Waals surface area contributed by atoms with E-state index in [1.54, 1.807) is 0 Å². The third-order valence-corrected chi connectivity index (χ3v) is 5.37. The van der Waals surface area contributed by atoms with Crippen LogP contribution in [-0.2, 0) is 11.3 Å². The fourth-order valence-corrected chi connectivity index (χ4v) is 3.95. The van der Waals surface area contributed by atoms with Gasteiger partial charge in [-0.25, -0.2) is 13.8 Å². The molecule has 0 saturated carbocycles. The van der Waals surface area contributed by atoms with Crippen molar-refractivity contribution in [1.82, 2.24) is 9.88 Å². The number of nitrogens with zero attached hydrogens (tertiary/aromatic N) is 3. The molecule has 2 aliphatic rings. The number of amides is 1. The lowest BCUT2D eigenvalue weighted by molar-refractivity contribution is -0.149. The summed E-state index contributed by atoms with van der Waals surface area (Å²) in [5, 5.41) is 2.95. The van der Waals surface area contributed by atoms with Gasteiger partial charge in [0.15, 0.2) is 0 Å². The highest BCUT2D eigenvalue weighted by Crippen LogP contribution is 2.37. The van der Waals surface area contributed by atoms with E-state index >= 15 is 0 Å². The van der Waals surface area contributed by atoms with Crippen LogP contribution >= 0.6 is 0 Å². The first-order chi connectivity index (χ1) is 14.2. The molecule has 30 heavy (non-hydrogen) atoms. The SMILES string of the molecule is O=C(C1CCN(CC(F)(F)F)CC1)N1Cc2cc(F)cnc2Nc2cc(F)ccc21. The Balaban J connectivity index is 1.59. The number of hydrogen-bond acceptors (Lipinski definition) is 4. The van der Waals surface area contributed by atoms with Crippen LogP contribution < -0.4 is 10.2 Å². The Morgan fingerprint density at radius 2 is 1.87 bits per heavy atom. The van der Waals surface area contributed by atoms with Crippen molar-refractivity contribution in [3.63, 3.8) is 0 Å². The van der Waals surface area contributed by atoms with Crippen LogP contribution in [0.15, 0.2) is 30.5 Å². The fraction of sp³-hybridized carbons (Fsp3) is 0.400. The average molecular weight is 426 g/mol. The number of piperidine rings is 1. The highest BCUT2D eigenvalue weighted by atomic mass is 19.4. The summed E-state index contributed by atoms with van der Waals surface area (Å²) < 4.78 is 65.4. The van der Waals surface area contributed by atoms with Gasteiger partial charge >= 0.3 is 6.18 Å². The highest BCUT2D eigenvalue weighted by Gasteiger charge is 2.36. The van der Waals surface area contributed by atoms with Gasteiger partial charge in [-0.3, -0.25) is 9.69 Å². The Hall–Kier alpha value is -2.75. The van der Waals surface area contributed by atoms with Crippen molar-refractivity contribution in [2.75, 3.05) is 29.9 Å². The van der Waals surface area contributed by atoms with Gasteiger partial charge in [-0.1, -0.05) is 0 Å². The molecule has 4 rings (SSSR count). The molecule has 2 aliphatic heterocycles. The molecule has 0 aliphatic carbocycles. The Labute approximate surface area is 169 Å². The van der Waals surface area contributed by atoms with E-state index < -0.39 is 30.3 Å². The summed E-state index contributed by atoms with van der Waals surface area (Å²) in [6.45, 7) is -0.661. The molecule has 160 valence electrons. The molecule has 0 atom stereocenters. The second-order valence-electron chi connectivity index (χ2n) is 7.54. The maximum atomic E-state index is 13.8. The third kappa shape index (κ3) is 4.38. The molecule has 1 saturated heterocycles. The minimum Gasteiger partial charge on any atom is -0.338 e. The number of benzene rings is 1. The standard InChI is InChI=1S/C20H19F5N4O/c21-14-1-2-17-16(8-14)27-18-13(7-15(22)9-26-18)10-29(17)19(30)12-3-5-28(6-4-12)11-20(23,24)25/h1-2,7-9,12H,3-6,10-11H2,(H,26,27). The summed E-state index contributed by atoms with van der Waals surface area (Å²) >= 11 is 0. The number of fused-ring (bicyclic) bond motifs is 2. The number of nitrogens with one attached hydrogen (secondary N) is 1. The summed E-state index contributed by atoms with van der Waals surface area (Å²) in [7, 11) is 0. The minimum atomic E-state index is -4.28. The topological polar surface area (TPSA) is 48.5 Å². The number of pyridine rings is 1. The van der Waals surface area contributed by atoms with E-state index in [0.717, 1.165) is 6.20 Å². The lowest BCUT2D eigenvalue weighted by Gasteiger charge is -2.34.